The number of benzene rings is 2. The van der Waals surface area contributed by atoms with Gasteiger partial charge in [0.05, 0.1) is 11.6 Å². The highest BCUT2D eigenvalue weighted by atomic mass is 15.2. The molecule has 1 heteroatoms. The Kier molecular flexibility index (Phi) is 3.36. The van der Waals surface area contributed by atoms with E-state index in [1.54, 1.807) is 0 Å². The Hall–Kier alpha value is -2.02. The maximum atomic E-state index is 2.53. The van der Waals surface area contributed by atoms with Crippen molar-refractivity contribution in [3.05, 3.63) is 71.8 Å². The van der Waals surface area contributed by atoms with E-state index in [9.17, 15) is 0 Å². The van der Waals surface area contributed by atoms with E-state index in [1.165, 1.54) is 22.4 Å². The minimum atomic E-state index is 0.0245. The summed E-state index contributed by atoms with van der Waals surface area (Å²) in [5.74, 6) is 0. The SMILES string of the molecule is Cc1ccccc1N1C(C)C(c2ccccc2)=CC1(C)C. The molecule has 0 spiro atoms. The molecule has 1 nitrogen and oxygen atoms in total. The van der Waals surface area contributed by atoms with E-state index in [2.05, 4.69) is 93.3 Å². The fourth-order valence-electron chi connectivity index (χ4n) is 3.52. The monoisotopic (exact) mass is 277 g/mol. The van der Waals surface area contributed by atoms with Crippen LogP contribution < -0.4 is 4.90 Å². The van der Waals surface area contributed by atoms with Crippen molar-refractivity contribution in [2.45, 2.75) is 39.3 Å². The van der Waals surface area contributed by atoms with Gasteiger partial charge in [-0.2, -0.15) is 0 Å². The van der Waals surface area contributed by atoms with Gasteiger partial charge in [0.1, 0.15) is 0 Å². The normalized spacial score (nSPS) is 20.5. The average Bonchev–Trinajstić information content (AvgIpc) is 2.71. The summed E-state index contributed by atoms with van der Waals surface area (Å²) in [5.41, 5.74) is 5.44. The molecule has 0 saturated carbocycles. The van der Waals surface area contributed by atoms with Crippen LogP contribution in [0.4, 0.5) is 5.69 Å². The lowest BCUT2D eigenvalue weighted by molar-refractivity contribution is 0.569. The Balaban J connectivity index is 2.05. The van der Waals surface area contributed by atoms with E-state index in [4.69, 9.17) is 0 Å². The molecule has 0 bridgehead atoms. The van der Waals surface area contributed by atoms with E-state index in [-0.39, 0.29) is 5.54 Å². The zero-order valence-corrected chi connectivity index (χ0v) is 13.3. The quantitative estimate of drug-likeness (QED) is 0.741. The molecule has 1 atom stereocenters. The molecule has 0 aliphatic carbocycles. The topological polar surface area (TPSA) is 3.24 Å². The van der Waals surface area contributed by atoms with Gasteiger partial charge in [0.25, 0.3) is 0 Å². The lowest BCUT2D eigenvalue weighted by Crippen LogP contribution is -2.43. The third-order valence-electron chi connectivity index (χ3n) is 4.45. The Bertz CT molecular complexity index is 667. The largest absolute Gasteiger partial charge is 0.356 e. The van der Waals surface area contributed by atoms with E-state index in [0.717, 1.165) is 0 Å². The van der Waals surface area contributed by atoms with Crippen LogP contribution in [0.25, 0.3) is 5.57 Å². The first-order chi connectivity index (χ1) is 10.0. The molecule has 0 radical (unpaired) electrons. The molecule has 0 aromatic heterocycles. The Morgan fingerprint density at radius 3 is 2.19 bits per heavy atom. The van der Waals surface area contributed by atoms with Crippen LogP contribution in [-0.2, 0) is 0 Å². The zero-order chi connectivity index (χ0) is 15.0. The third kappa shape index (κ3) is 2.37. The van der Waals surface area contributed by atoms with Gasteiger partial charge in [0, 0.05) is 5.69 Å². The molecular weight excluding hydrogens is 254 g/mol. The predicted octanol–water partition coefficient (Wildman–Crippen LogP) is 5.07. The average molecular weight is 277 g/mol. The Morgan fingerprint density at radius 1 is 0.905 bits per heavy atom. The summed E-state index contributed by atoms with van der Waals surface area (Å²) in [5, 5.41) is 0. The Labute approximate surface area is 127 Å². The van der Waals surface area contributed by atoms with Gasteiger partial charge in [-0.1, -0.05) is 54.6 Å². The van der Waals surface area contributed by atoms with Crippen molar-refractivity contribution in [3.8, 4) is 0 Å². The van der Waals surface area contributed by atoms with E-state index in [1.807, 2.05) is 0 Å². The minimum Gasteiger partial charge on any atom is -0.356 e. The van der Waals surface area contributed by atoms with Crippen LogP contribution in [0.5, 0.6) is 0 Å². The van der Waals surface area contributed by atoms with Gasteiger partial charge in [-0.15, -0.1) is 0 Å². The van der Waals surface area contributed by atoms with Crippen molar-refractivity contribution in [1.82, 2.24) is 0 Å². The highest BCUT2D eigenvalue weighted by Crippen LogP contribution is 2.41. The van der Waals surface area contributed by atoms with Gasteiger partial charge < -0.3 is 4.90 Å². The van der Waals surface area contributed by atoms with Crippen LogP contribution in [0, 0.1) is 6.92 Å². The minimum absolute atomic E-state index is 0.0245. The number of anilines is 1. The second-order valence-electron chi connectivity index (χ2n) is 6.45. The fraction of sp³-hybridized carbons (Fsp3) is 0.300. The van der Waals surface area contributed by atoms with Crippen LogP contribution in [0.15, 0.2) is 60.7 Å². The molecule has 108 valence electrons. The molecule has 0 N–H and O–H groups in total. The second kappa shape index (κ2) is 5.07. The number of hydrogen-bond acceptors (Lipinski definition) is 1. The first kappa shape index (κ1) is 13.9. The summed E-state index contributed by atoms with van der Waals surface area (Å²) < 4.78 is 0. The molecule has 1 aliphatic heterocycles. The van der Waals surface area contributed by atoms with Gasteiger partial charge in [0.15, 0.2) is 0 Å². The summed E-state index contributed by atoms with van der Waals surface area (Å²) in [7, 11) is 0. The van der Waals surface area contributed by atoms with Gasteiger partial charge >= 0.3 is 0 Å². The van der Waals surface area contributed by atoms with Crippen molar-refractivity contribution in [2.24, 2.45) is 0 Å². The summed E-state index contributed by atoms with van der Waals surface area (Å²) in [6.45, 7) is 9.09. The molecule has 0 saturated heterocycles. The fourth-order valence-corrected chi connectivity index (χ4v) is 3.52. The molecule has 0 amide bonds. The maximum absolute atomic E-state index is 2.53. The lowest BCUT2D eigenvalue weighted by atomic mass is 10.00. The number of aryl methyl sites for hydroxylation is 1. The van der Waals surface area contributed by atoms with E-state index < -0.39 is 0 Å². The third-order valence-corrected chi connectivity index (χ3v) is 4.45. The molecule has 1 heterocycles. The van der Waals surface area contributed by atoms with Crippen LogP contribution in [0.1, 0.15) is 31.9 Å². The van der Waals surface area contributed by atoms with Crippen molar-refractivity contribution in [1.29, 1.82) is 0 Å². The zero-order valence-electron chi connectivity index (χ0n) is 13.3. The molecule has 0 fully saturated rings. The number of para-hydroxylation sites is 1. The van der Waals surface area contributed by atoms with Crippen molar-refractivity contribution >= 4 is 11.3 Å². The van der Waals surface area contributed by atoms with Gasteiger partial charge in [-0.05, 0) is 50.5 Å². The predicted molar refractivity (Wildman–Crippen MR) is 91.6 cm³/mol. The highest BCUT2D eigenvalue weighted by molar-refractivity contribution is 5.80. The van der Waals surface area contributed by atoms with Gasteiger partial charge in [0.2, 0.25) is 0 Å². The number of rotatable bonds is 2. The van der Waals surface area contributed by atoms with Crippen molar-refractivity contribution in [2.75, 3.05) is 4.90 Å². The van der Waals surface area contributed by atoms with Crippen molar-refractivity contribution < 1.29 is 0 Å². The molecule has 2 aromatic rings. The van der Waals surface area contributed by atoms with Crippen LogP contribution in [-0.4, -0.2) is 11.6 Å². The summed E-state index contributed by atoms with van der Waals surface area (Å²) >= 11 is 0. The van der Waals surface area contributed by atoms with Gasteiger partial charge in [-0.25, -0.2) is 0 Å². The molecular formula is C20H23N. The smallest absolute Gasteiger partial charge is 0.0541 e. The number of hydrogen-bond donors (Lipinski definition) is 0. The van der Waals surface area contributed by atoms with Crippen LogP contribution >= 0.6 is 0 Å². The van der Waals surface area contributed by atoms with Crippen LogP contribution in [0.3, 0.4) is 0 Å². The molecule has 1 unspecified atom stereocenters. The summed E-state index contributed by atoms with van der Waals surface area (Å²) in [4.78, 5) is 2.53. The molecule has 2 aromatic carbocycles. The van der Waals surface area contributed by atoms with E-state index >= 15 is 0 Å². The molecule has 1 aliphatic rings. The second-order valence-corrected chi connectivity index (χ2v) is 6.45. The molecule has 21 heavy (non-hydrogen) atoms. The summed E-state index contributed by atoms with van der Waals surface area (Å²) in [6.07, 6.45) is 2.42. The first-order valence-electron chi connectivity index (χ1n) is 7.64. The van der Waals surface area contributed by atoms with Crippen LogP contribution in [0.2, 0.25) is 0 Å². The lowest BCUT2D eigenvalue weighted by Gasteiger charge is -2.38. The number of nitrogens with zero attached hydrogens (tertiary/aromatic N) is 1. The standard InChI is InChI=1S/C20H23N/c1-15-10-8-9-13-19(15)21-16(2)18(14-20(21,3)4)17-11-6-5-7-12-17/h5-14,16H,1-4H3. The van der Waals surface area contributed by atoms with E-state index in [0.29, 0.717) is 6.04 Å². The highest BCUT2D eigenvalue weighted by Gasteiger charge is 2.38. The van der Waals surface area contributed by atoms with Gasteiger partial charge in [-0.3, -0.25) is 0 Å². The van der Waals surface area contributed by atoms with Crippen molar-refractivity contribution in [3.63, 3.8) is 0 Å². The first-order valence-corrected chi connectivity index (χ1v) is 7.64. The maximum Gasteiger partial charge on any atom is 0.0541 e. The molecule has 3 rings (SSSR count). The Morgan fingerprint density at radius 2 is 1.52 bits per heavy atom. The summed E-state index contributed by atoms with van der Waals surface area (Å²) in [6, 6.07) is 19.8.